The Morgan fingerprint density at radius 2 is 1.70 bits per heavy atom. The molecule has 0 heterocycles. The van der Waals surface area contributed by atoms with E-state index in [9.17, 15) is 0 Å². The molecule has 0 radical (unpaired) electrons. The fourth-order valence-electron chi connectivity index (χ4n) is 0.112. The zero-order valence-electron chi connectivity index (χ0n) is 5.48. The largest absolute Gasteiger partial charge is 0.395 e. The van der Waals surface area contributed by atoms with Gasteiger partial charge in [0.2, 0.25) is 0 Å². The maximum atomic E-state index is 8.74. The molecule has 0 saturated carbocycles. The highest BCUT2D eigenvalue weighted by atomic mass is 32.3. The molecule has 0 spiro atoms. The Hall–Kier alpha value is -0.210. The van der Waals surface area contributed by atoms with E-state index in [2.05, 4.69) is 5.32 Å². The van der Waals surface area contributed by atoms with E-state index in [0.29, 0.717) is 6.54 Å². The fraction of sp³-hybridized carbons (Fsp3) is 1.00. The minimum Gasteiger partial charge on any atom is -0.395 e. The van der Waals surface area contributed by atoms with E-state index in [1.807, 2.05) is 0 Å². The number of aliphatic hydroxyl groups excluding tert-OH is 1. The van der Waals surface area contributed by atoms with Gasteiger partial charge < -0.3 is 10.4 Å². The first-order chi connectivity index (χ1) is 4.41. The highest BCUT2D eigenvalue weighted by Crippen LogP contribution is 1.59. The van der Waals surface area contributed by atoms with Crippen molar-refractivity contribution < 1.29 is 22.6 Å². The Morgan fingerprint density at radius 1 is 1.40 bits per heavy atom. The van der Waals surface area contributed by atoms with Crippen molar-refractivity contribution >= 4 is 10.4 Å². The quantitative estimate of drug-likeness (QED) is 0.380. The zero-order valence-corrected chi connectivity index (χ0v) is 6.30. The first-order valence-corrected chi connectivity index (χ1v) is 3.77. The van der Waals surface area contributed by atoms with Gasteiger partial charge in [0, 0.05) is 6.54 Å². The SMILES string of the molecule is CNCCO.O=S(=O)(O)O. The Balaban J connectivity index is 0. The highest BCUT2D eigenvalue weighted by molar-refractivity contribution is 7.79. The Labute approximate surface area is 59.5 Å². The van der Waals surface area contributed by atoms with Crippen LogP contribution in [0.2, 0.25) is 0 Å². The lowest BCUT2D eigenvalue weighted by Gasteiger charge is -1.84. The van der Waals surface area contributed by atoms with Gasteiger partial charge in [0.05, 0.1) is 6.61 Å². The van der Waals surface area contributed by atoms with Gasteiger partial charge in [-0.05, 0) is 7.05 Å². The summed E-state index contributed by atoms with van der Waals surface area (Å²) in [6.45, 7) is 0.927. The third-order valence-corrected chi connectivity index (χ3v) is 0.362. The van der Waals surface area contributed by atoms with Crippen LogP contribution >= 0.6 is 0 Å². The van der Waals surface area contributed by atoms with Gasteiger partial charge in [-0.15, -0.1) is 0 Å². The van der Waals surface area contributed by atoms with Crippen molar-refractivity contribution in [3.8, 4) is 0 Å². The third-order valence-electron chi connectivity index (χ3n) is 0.362. The van der Waals surface area contributed by atoms with Crippen LogP contribution in [0.4, 0.5) is 0 Å². The summed E-state index contributed by atoms with van der Waals surface area (Å²) in [6.07, 6.45) is 0. The number of hydrogen-bond donors (Lipinski definition) is 4. The van der Waals surface area contributed by atoms with Gasteiger partial charge in [-0.25, -0.2) is 0 Å². The minimum absolute atomic E-state index is 0.233. The molecule has 4 N–H and O–H groups in total. The average molecular weight is 173 g/mol. The molecule has 0 aromatic heterocycles. The first kappa shape index (κ1) is 12.5. The van der Waals surface area contributed by atoms with Crippen LogP contribution in [0.5, 0.6) is 0 Å². The summed E-state index contributed by atoms with van der Waals surface area (Å²) in [6, 6.07) is 0. The molecule has 0 saturated heterocycles. The monoisotopic (exact) mass is 173 g/mol. The molecule has 0 aromatic carbocycles. The number of nitrogens with one attached hydrogen (secondary N) is 1. The van der Waals surface area contributed by atoms with Gasteiger partial charge in [-0.2, -0.15) is 8.42 Å². The molecule has 0 aliphatic rings. The molecule has 0 fully saturated rings. The van der Waals surface area contributed by atoms with E-state index in [4.69, 9.17) is 22.6 Å². The lowest BCUT2D eigenvalue weighted by Crippen LogP contribution is -2.10. The predicted molar refractivity (Wildman–Crippen MR) is 35.2 cm³/mol. The van der Waals surface area contributed by atoms with E-state index in [1.54, 1.807) is 7.05 Å². The summed E-state index contributed by atoms with van der Waals surface area (Å²) in [4.78, 5) is 0. The molecule has 0 amide bonds. The predicted octanol–water partition coefficient (Wildman–Crippen LogP) is -1.45. The van der Waals surface area contributed by atoms with Crippen molar-refractivity contribution in [2.45, 2.75) is 0 Å². The molecule has 64 valence electrons. The van der Waals surface area contributed by atoms with Crippen LogP contribution in [0, 0.1) is 0 Å². The second kappa shape index (κ2) is 6.90. The van der Waals surface area contributed by atoms with Gasteiger partial charge in [-0.3, -0.25) is 9.11 Å². The highest BCUT2D eigenvalue weighted by Gasteiger charge is 1.84. The van der Waals surface area contributed by atoms with E-state index >= 15 is 0 Å². The molecular formula is C3H11NO5S. The molecule has 0 bridgehead atoms. The normalized spacial score (nSPS) is 10.0. The smallest absolute Gasteiger partial charge is 0.394 e. The van der Waals surface area contributed by atoms with Crippen LogP contribution in [0.1, 0.15) is 0 Å². The van der Waals surface area contributed by atoms with Crippen LogP contribution in [0.3, 0.4) is 0 Å². The molecular weight excluding hydrogens is 162 g/mol. The van der Waals surface area contributed by atoms with E-state index in [-0.39, 0.29) is 6.61 Å². The van der Waals surface area contributed by atoms with Crippen LogP contribution in [0.25, 0.3) is 0 Å². The summed E-state index contributed by atoms with van der Waals surface area (Å²) in [5, 5.41) is 10.8. The summed E-state index contributed by atoms with van der Waals surface area (Å²) >= 11 is 0. The van der Waals surface area contributed by atoms with E-state index in [1.165, 1.54) is 0 Å². The summed E-state index contributed by atoms with van der Waals surface area (Å²) < 4.78 is 31.6. The van der Waals surface area contributed by atoms with E-state index in [0.717, 1.165) is 0 Å². The third kappa shape index (κ3) is 112. The maximum Gasteiger partial charge on any atom is 0.394 e. The van der Waals surface area contributed by atoms with Crippen LogP contribution < -0.4 is 5.32 Å². The van der Waals surface area contributed by atoms with Crippen molar-refractivity contribution in [3.63, 3.8) is 0 Å². The number of hydrogen-bond acceptors (Lipinski definition) is 4. The van der Waals surface area contributed by atoms with Gasteiger partial charge in [0.1, 0.15) is 0 Å². The molecule has 0 rings (SSSR count). The molecule has 0 aliphatic carbocycles. The minimum atomic E-state index is -4.67. The van der Waals surface area contributed by atoms with Gasteiger partial charge in [0.15, 0.2) is 0 Å². The summed E-state index contributed by atoms with van der Waals surface area (Å²) in [5.74, 6) is 0. The Morgan fingerprint density at radius 3 is 1.70 bits per heavy atom. The topological polar surface area (TPSA) is 107 Å². The van der Waals surface area contributed by atoms with Crippen molar-refractivity contribution in [2.24, 2.45) is 0 Å². The number of rotatable bonds is 2. The summed E-state index contributed by atoms with van der Waals surface area (Å²) in [5.41, 5.74) is 0. The van der Waals surface area contributed by atoms with Crippen molar-refractivity contribution in [1.29, 1.82) is 0 Å². The second-order valence-electron chi connectivity index (χ2n) is 1.27. The van der Waals surface area contributed by atoms with Gasteiger partial charge in [0.25, 0.3) is 0 Å². The standard InChI is InChI=1S/C3H9NO.H2O4S/c1-4-2-3-5;1-5(2,3)4/h4-5H,2-3H2,1H3;(H2,1,2,3,4). The average Bonchev–Trinajstić information content (AvgIpc) is 1.63. The van der Waals surface area contributed by atoms with Crippen LogP contribution in [-0.2, 0) is 10.4 Å². The lowest BCUT2D eigenvalue weighted by atomic mass is 10.7. The van der Waals surface area contributed by atoms with Crippen molar-refractivity contribution in [3.05, 3.63) is 0 Å². The molecule has 7 heteroatoms. The zero-order chi connectivity index (χ0) is 8.62. The molecule has 0 aromatic rings. The molecule has 0 atom stereocenters. The van der Waals surface area contributed by atoms with Crippen molar-refractivity contribution in [2.75, 3.05) is 20.2 Å². The number of likely N-dealkylation sites (N-methyl/N-ethyl adjacent to an activating group) is 1. The van der Waals surface area contributed by atoms with Gasteiger partial charge >= 0.3 is 10.4 Å². The van der Waals surface area contributed by atoms with Crippen LogP contribution in [-0.4, -0.2) is 42.8 Å². The molecule has 0 aliphatic heterocycles. The molecule has 10 heavy (non-hydrogen) atoms. The Kier molecular flexibility index (Phi) is 8.61. The van der Waals surface area contributed by atoms with E-state index < -0.39 is 10.4 Å². The van der Waals surface area contributed by atoms with Crippen molar-refractivity contribution in [1.82, 2.24) is 5.32 Å². The fourth-order valence-corrected chi connectivity index (χ4v) is 0.112. The molecule has 0 unspecified atom stereocenters. The Bertz CT molecular complexity index is 131. The van der Waals surface area contributed by atoms with Gasteiger partial charge in [-0.1, -0.05) is 0 Å². The lowest BCUT2D eigenvalue weighted by molar-refractivity contribution is 0.296. The second-order valence-corrected chi connectivity index (χ2v) is 2.17. The first-order valence-electron chi connectivity index (χ1n) is 2.37. The maximum absolute atomic E-state index is 8.74. The number of aliphatic hydroxyl groups is 1. The summed E-state index contributed by atoms with van der Waals surface area (Å²) in [7, 11) is -2.86. The molecule has 6 nitrogen and oxygen atoms in total. The van der Waals surface area contributed by atoms with Crippen LogP contribution in [0.15, 0.2) is 0 Å².